The van der Waals surface area contributed by atoms with Gasteiger partial charge in [-0.3, -0.25) is 28.3 Å². The molecule has 3 amide bonds. The first-order chi connectivity index (χ1) is 37.0. The van der Waals surface area contributed by atoms with Crippen molar-refractivity contribution in [2.75, 3.05) is 26.2 Å². The molecule has 16 nitrogen and oxygen atoms in total. The first kappa shape index (κ1) is 49.5. The molecule has 77 heavy (non-hydrogen) atoms. The van der Waals surface area contributed by atoms with E-state index in [0.29, 0.717) is 62.7 Å². The third kappa shape index (κ3) is 9.14. The smallest absolute Gasteiger partial charge is 0.410 e. The lowest BCUT2D eigenvalue weighted by atomic mass is 9.94. The summed E-state index contributed by atoms with van der Waals surface area (Å²) in [6.07, 6.45) is 6.87. The number of nitrogens with one attached hydrogen (secondary N) is 3. The molecule has 0 atom stereocenters. The predicted octanol–water partition coefficient (Wildman–Crippen LogP) is 9.50. The number of rotatable bonds is 8. The predicted molar refractivity (Wildman–Crippen MR) is 302 cm³/mol. The van der Waals surface area contributed by atoms with E-state index in [0.717, 1.165) is 85.5 Å². The summed E-state index contributed by atoms with van der Waals surface area (Å²) in [5.74, 6) is -1.03. The Morgan fingerprint density at radius 3 is 1.55 bits per heavy atom. The molecule has 0 bridgehead atoms. The minimum Gasteiger partial charge on any atom is -0.444 e. The van der Waals surface area contributed by atoms with Gasteiger partial charge in [0.2, 0.25) is 0 Å². The van der Waals surface area contributed by atoms with Crippen LogP contribution < -0.4 is 27.9 Å². The number of hydrogen-bond acceptors (Lipinski definition) is 9. The third-order valence-corrected chi connectivity index (χ3v) is 14.2. The van der Waals surface area contributed by atoms with Gasteiger partial charge in [-0.1, -0.05) is 72.8 Å². The highest BCUT2D eigenvalue weighted by Crippen LogP contribution is 2.39. The van der Waals surface area contributed by atoms with Gasteiger partial charge in [0.15, 0.2) is 0 Å². The maximum Gasteiger partial charge on any atom is 0.410 e. The third-order valence-electron chi connectivity index (χ3n) is 14.2. The molecule has 2 aliphatic heterocycles. The van der Waals surface area contributed by atoms with Gasteiger partial charge in [-0.15, -0.1) is 0 Å². The molecule has 0 radical (unpaired) electrons. The summed E-state index contributed by atoms with van der Waals surface area (Å²) in [6, 6.07) is 37.6. The summed E-state index contributed by atoms with van der Waals surface area (Å²) in [5.41, 5.74) is 24.8. The fourth-order valence-electron chi connectivity index (χ4n) is 10.4. The fraction of sp³-hybridized carbons (Fsp3) is 0.164. The Bertz CT molecular complexity index is 4280. The zero-order valence-electron chi connectivity index (χ0n) is 43.0. The number of aromatic nitrogens is 6. The number of benzene rings is 6. The number of carbonyl (C=O) groups is 3. The van der Waals surface area contributed by atoms with E-state index >= 15 is 0 Å². The zero-order chi connectivity index (χ0) is 53.9. The normalized spacial score (nSPS) is 13.5. The molecule has 0 fully saturated rings. The molecule has 7 N–H and O–H groups in total. The number of fused-ring (bicyclic) bond motifs is 4. The van der Waals surface area contributed by atoms with Crippen molar-refractivity contribution in [3.8, 4) is 33.6 Å². The molecule has 0 aliphatic carbocycles. The Morgan fingerprint density at radius 1 is 0.584 bits per heavy atom. The minimum atomic E-state index is -0.591. The molecule has 4 aromatic heterocycles. The zero-order valence-corrected chi connectivity index (χ0v) is 43.0. The van der Waals surface area contributed by atoms with E-state index in [1.54, 1.807) is 51.0 Å². The van der Waals surface area contributed by atoms with Crippen LogP contribution in [0.15, 0.2) is 156 Å². The average molecular weight is 1020 g/mol. The van der Waals surface area contributed by atoms with Crippen LogP contribution in [0.1, 0.15) is 64.0 Å². The van der Waals surface area contributed by atoms with E-state index in [1.165, 1.54) is 0 Å². The van der Waals surface area contributed by atoms with Gasteiger partial charge in [0, 0.05) is 41.8 Å². The van der Waals surface area contributed by atoms with Gasteiger partial charge in [0.25, 0.3) is 22.9 Å². The Kier molecular flexibility index (Phi) is 12.6. The van der Waals surface area contributed by atoms with Crippen LogP contribution in [0.25, 0.3) is 88.4 Å². The quantitative estimate of drug-likeness (QED) is 0.0975. The molecule has 16 heteroatoms. The molecular formula is C61H54N10O6. The van der Waals surface area contributed by atoms with Crippen LogP contribution in [0, 0.1) is 13.8 Å². The van der Waals surface area contributed by atoms with E-state index in [-0.39, 0.29) is 17.2 Å². The molecule has 10 aromatic rings. The highest BCUT2D eigenvalue weighted by Gasteiger charge is 2.28. The number of primary amides is 2. The van der Waals surface area contributed by atoms with Crippen LogP contribution in [0.5, 0.6) is 0 Å². The number of aromatic amines is 2. The minimum absolute atomic E-state index is 0.116. The van der Waals surface area contributed by atoms with E-state index in [2.05, 4.69) is 37.4 Å². The van der Waals surface area contributed by atoms with Gasteiger partial charge in [-0.2, -0.15) is 0 Å². The van der Waals surface area contributed by atoms with E-state index < -0.39 is 17.4 Å². The van der Waals surface area contributed by atoms with Crippen LogP contribution in [-0.2, 0) is 4.74 Å². The molecule has 384 valence electrons. The molecule has 2 aliphatic rings. The molecular weight excluding hydrogens is 969 g/mol. The van der Waals surface area contributed by atoms with Gasteiger partial charge in [-0.25, -0.2) is 14.8 Å². The second-order valence-corrected chi connectivity index (χ2v) is 20.2. The number of para-hydroxylation sites is 2. The van der Waals surface area contributed by atoms with Crippen molar-refractivity contribution in [2.45, 2.75) is 40.2 Å². The number of hydrogen-bond donors (Lipinski definition) is 5. The van der Waals surface area contributed by atoms with Gasteiger partial charge < -0.3 is 36.4 Å². The Morgan fingerprint density at radius 2 is 1.08 bits per heavy atom. The van der Waals surface area contributed by atoms with Crippen LogP contribution in [0.4, 0.5) is 4.79 Å². The van der Waals surface area contributed by atoms with Crippen molar-refractivity contribution >= 4 is 72.7 Å². The lowest BCUT2D eigenvalue weighted by Crippen LogP contribution is -2.35. The number of ether oxygens (including phenoxy) is 1. The van der Waals surface area contributed by atoms with Crippen LogP contribution >= 0.6 is 0 Å². The van der Waals surface area contributed by atoms with Crippen LogP contribution in [0.2, 0.25) is 0 Å². The molecule has 0 saturated heterocycles. The Labute approximate surface area is 441 Å². The number of carbonyl (C=O) groups excluding carboxylic acids is 3. The van der Waals surface area contributed by atoms with E-state index in [9.17, 15) is 24.0 Å². The molecule has 6 aromatic carbocycles. The molecule has 0 unspecified atom stereocenters. The second kappa shape index (κ2) is 19.6. The van der Waals surface area contributed by atoms with Gasteiger partial charge in [0.1, 0.15) is 18.3 Å². The maximum absolute atomic E-state index is 13.4. The summed E-state index contributed by atoms with van der Waals surface area (Å²) in [4.78, 5) is 81.3. The Hall–Kier alpha value is -9.67. The number of amides is 3. The van der Waals surface area contributed by atoms with Crippen molar-refractivity contribution in [2.24, 2.45) is 11.5 Å². The highest BCUT2D eigenvalue weighted by molar-refractivity contribution is 6.12. The first-order valence-corrected chi connectivity index (χ1v) is 25.2. The van der Waals surface area contributed by atoms with Crippen molar-refractivity contribution in [3.05, 3.63) is 200 Å². The van der Waals surface area contributed by atoms with Gasteiger partial charge >= 0.3 is 6.09 Å². The number of nitrogens with two attached hydrogens (primary N) is 2. The summed E-state index contributed by atoms with van der Waals surface area (Å²) < 4.78 is 8.69. The van der Waals surface area contributed by atoms with Gasteiger partial charge in [-0.05, 0) is 140 Å². The largest absolute Gasteiger partial charge is 0.444 e. The lowest BCUT2D eigenvalue weighted by molar-refractivity contribution is 0.0306. The standard InChI is InChI=1S/C33H31N5O4.C28H23N5O2/c1-19-21(9-7-11-28(19)38-18-35-26-10-6-5-8-23(26)31(38)40)22-12-13-24(30(34)39)29-25(22)16-27(36-29)20-14-15-37(17-20)32(41)42-33(2,3)4;1-16-18(6-4-8-25(16)33-15-31-23-7-3-2-5-20(23)28(33)35)19-9-10-21(27(29)34)26-22(19)13-24(32-26)17-11-12-30-14-17/h5-14,16,18,36H,15,17H2,1-4H3,(H2,34,39);2-11,13,15,30,32H,12,14H2,1H3,(H2,29,34). The molecule has 12 rings (SSSR count). The second-order valence-electron chi connectivity index (χ2n) is 20.2. The number of nitrogens with zero attached hydrogens (tertiary/aromatic N) is 5. The van der Waals surface area contributed by atoms with Crippen LogP contribution in [-0.4, -0.2) is 83.7 Å². The van der Waals surface area contributed by atoms with Gasteiger partial charge in [0.05, 0.1) is 61.9 Å². The average Bonchev–Trinajstić information content (AvgIpc) is 4.37. The molecule has 0 spiro atoms. The molecule has 0 saturated carbocycles. The topological polar surface area (TPSA) is 229 Å². The van der Waals surface area contributed by atoms with Crippen molar-refractivity contribution in [3.63, 3.8) is 0 Å². The summed E-state index contributed by atoms with van der Waals surface area (Å²) in [6.45, 7) is 11.8. The van der Waals surface area contributed by atoms with Crippen LogP contribution in [0.3, 0.4) is 0 Å². The fourth-order valence-corrected chi connectivity index (χ4v) is 10.4. The van der Waals surface area contributed by atoms with Crippen molar-refractivity contribution in [1.82, 2.24) is 39.3 Å². The van der Waals surface area contributed by atoms with Crippen molar-refractivity contribution < 1.29 is 19.1 Å². The maximum atomic E-state index is 13.4. The highest BCUT2D eigenvalue weighted by atomic mass is 16.6. The molecule has 6 heterocycles. The number of H-pyrrole nitrogens is 2. The summed E-state index contributed by atoms with van der Waals surface area (Å²) in [5, 5.41) is 6.14. The monoisotopic (exact) mass is 1020 g/mol. The first-order valence-electron chi connectivity index (χ1n) is 25.2. The SMILES string of the molecule is Cc1c(-c2ccc(C(N)=O)c3[nH]c(C4=CCN(C(=O)OC(C)(C)C)C4)cc23)cccc1-n1cnc2ccccc2c1=O.Cc1c(-c2ccc(C(N)=O)c3[nH]c(C4=CCNC4)cc23)cccc1-n1cnc2ccccc2c1=O. The van der Waals surface area contributed by atoms with E-state index in [4.69, 9.17) is 16.2 Å². The summed E-state index contributed by atoms with van der Waals surface area (Å²) >= 11 is 0. The van der Waals surface area contributed by atoms with Crippen molar-refractivity contribution in [1.29, 1.82) is 0 Å². The lowest BCUT2D eigenvalue weighted by Gasteiger charge is -2.24. The summed E-state index contributed by atoms with van der Waals surface area (Å²) in [7, 11) is 0. The van der Waals surface area contributed by atoms with E-state index in [1.807, 2.05) is 132 Å². The Balaban J connectivity index is 0.000000166.